The van der Waals surface area contributed by atoms with Gasteiger partial charge in [-0.3, -0.25) is 4.79 Å². The van der Waals surface area contributed by atoms with Crippen molar-refractivity contribution in [2.24, 2.45) is 5.73 Å². The van der Waals surface area contributed by atoms with Crippen LogP contribution in [0.4, 0.5) is 0 Å². The Morgan fingerprint density at radius 3 is 1.54 bits per heavy atom. The Morgan fingerprint density at radius 1 is 1.46 bits per heavy atom. The van der Waals surface area contributed by atoms with Gasteiger partial charge in [0.25, 0.3) is 0 Å². The van der Waals surface area contributed by atoms with Crippen LogP contribution in [0.15, 0.2) is 0 Å². The molecule has 0 bridgehead atoms. The predicted octanol–water partition coefficient (Wildman–Crippen LogP) is -2.41. The third-order valence-electron chi connectivity index (χ3n) is 0.390. The second kappa shape index (κ2) is 22.5. The van der Waals surface area contributed by atoms with E-state index in [1.807, 2.05) is 0 Å². The molecule has 1 atom stereocenters. The molecule has 0 aliphatic heterocycles. The van der Waals surface area contributed by atoms with Gasteiger partial charge in [-0.05, 0) is 6.92 Å². The van der Waals surface area contributed by atoms with E-state index in [1.54, 1.807) is 12.1 Å². The first-order chi connectivity index (χ1) is 5.47. The molecule has 0 radical (unpaired) electrons. The minimum absolute atomic E-state index is 0. The normalized spacial score (nSPS) is 7.54. The van der Waals surface area contributed by atoms with Crippen LogP contribution in [0.1, 0.15) is 22.2 Å². The van der Waals surface area contributed by atoms with Gasteiger partial charge < -0.3 is 12.3 Å². The molecule has 0 heterocycles. The van der Waals surface area contributed by atoms with Gasteiger partial charge in [0.2, 0.25) is 0 Å². The van der Waals surface area contributed by atoms with Crippen molar-refractivity contribution in [3.05, 3.63) is 0 Å². The maximum atomic E-state index is 9.57. The largest absolute Gasteiger partial charge is 1.00 e. The number of carboxylic acids is 1. The van der Waals surface area contributed by atoms with Crippen molar-refractivity contribution in [3.8, 4) is 12.1 Å². The molecular formula is C7H14N3NaO2. The summed E-state index contributed by atoms with van der Waals surface area (Å²) in [6.45, 7) is 4.28. The first-order valence-electron chi connectivity index (χ1n) is 3.07. The molecule has 0 fully saturated rings. The van der Waals surface area contributed by atoms with Gasteiger partial charge in [-0.15, -0.1) is 0 Å². The number of rotatable bonds is 1. The van der Waals surface area contributed by atoms with Crippen molar-refractivity contribution in [3.63, 3.8) is 0 Å². The van der Waals surface area contributed by atoms with Gasteiger partial charge in [0, 0.05) is 13.8 Å². The van der Waals surface area contributed by atoms with Crippen molar-refractivity contribution in [2.75, 3.05) is 0 Å². The monoisotopic (exact) mass is 195 g/mol. The summed E-state index contributed by atoms with van der Waals surface area (Å²) in [7, 11) is 0. The van der Waals surface area contributed by atoms with Crippen molar-refractivity contribution < 1.29 is 40.9 Å². The molecule has 6 heteroatoms. The van der Waals surface area contributed by atoms with Crippen molar-refractivity contribution in [2.45, 2.75) is 26.8 Å². The molecule has 0 aromatic heterocycles. The Kier molecular flexibility index (Phi) is 39.6. The van der Waals surface area contributed by atoms with Crippen LogP contribution in [0.2, 0.25) is 0 Å². The maximum Gasteiger partial charge on any atom is 1.00 e. The van der Waals surface area contributed by atoms with Crippen LogP contribution < -0.4 is 35.3 Å². The number of hydrogen-bond acceptors (Lipinski definition) is 4. The molecule has 0 aliphatic rings. The van der Waals surface area contributed by atoms with Crippen LogP contribution in [-0.2, 0) is 4.79 Å². The van der Waals surface area contributed by atoms with Gasteiger partial charge in [0.1, 0.15) is 6.04 Å². The van der Waals surface area contributed by atoms with Gasteiger partial charge >= 0.3 is 35.5 Å². The fourth-order valence-corrected chi connectivity index (χ4v) is 0. The van der Waals surface area contributed by atoms with E-state index in [0.29, 0.717) is 0 Å². The molecule has 0 amide bonds. The van der Waals surface area contributed by atoms with E-state index in [-0.39, 0.29) is 31.0 Å². The summed E-state index contributed by atoms with van der Waals surface area (Å²) in [5, 5.41) is 22.5. The van der Waals surface area contributed by atoms with Crippen LogP contribution >= 0.6 is 0 Å². The molecule has 0 aromatic rings. The SMILES string of the molecule is CC#N.CC#N.C[C@H](N)C(=O)O.[H-].[Na+]. The van der Waals surface area contributed by atoms with E-state index in [9.17, 15) is 4.79 Å². The van der Waals surface area contributed by atoms with Gasteiger partial charge in [-0.25, -0.2) is 0 Å². The summed E-state index contributed by atoms with van der Waals surface area (Å²) < 4.78 is 0. The number of carboxylic acid groups (broad SMARTS) is 1. The first kappa shape index (κ1) is 22.8. The van der Waals surface area contributed by atoms with E-state index >= 15 is 0 Å². The second-order valence-electron chi connectivity index (χ2n) is 1.57. The number of nitrogens with zero attached hydrogens (tertiary/aromatic N) is 2. The molecule has 0 spiro atoms. The predicted molar refractivity (Wildman–Crippen MR) is 45.0 cm³/mol. The molecular weight excluding hydrogens is 181 g/mol. The summed E-state index contributed by atoms with van der Waals surface area (Å²) in [6, 6.07) is 2.77. The fourth-order valence-electron chi connectivity index (χ4n) is 0. The van der Waals surface area contributed by atoms with Crippen LogP contribution in [0.25, 0.3) is 0 Å². The molecule has 0 aliphatic carbocycles. The standard InChI is InChI=1S/C3H7NO2.2C2H3N.Na.H/c1-2(4)3(5)6;2*1-2-3;;/h2H,4H2,1H3,(H,5,6);2*1H3;;/q;;;+1;-1/t2-;;;;/m0..../s1. The first-order valence-corrected chi connectivity index (χ1v) is 3.07. The molecule has 70 valence electrons. The van der Waals surface area contributed by atoms with E-state index in [0.717, 1.165) is 0 Å². The molecule has 0 rings (SSSR count). The number of nitriles is 2. The Labute approximate surface area is 102 Å². The topological polar surface area (TPSA) is 111 Å². The summed E-state index contributed by atoms with van der Waals surface area (Å²) in [4.78, 5) is 9.57. The zero-order valence-corrected chi connectivity index (χ0v) is 10.4. The third kappa shape index (κ3) is 86.9. The van der Waals surface area contributed by atoms with Gasteiger partial charge in [0.05, 0.1) is 12.1 Å². The number of aliphatic carboxylic acids is 1. The average Bonchev–Trinajstić information content (AvgIpc) is 1.90. The molecule has 0 saturated heterocycles. The second-order valence-corrected chi connectivity index (χ2v) is 1.57. The Balaban J connectivity index is -0.0000000297. The summed E-state index contributed by atoms with van der Waals surface area (Å²) in [6.07, 6.45) is 0. The van der Waals surface area contributed by atoms with Crippen molar-refractivity contribution in [1.29, 1.82) is 10.5 Å². The average molecular weight is 195 g/mol. The van der Waals surface area contributed by atoms with Gasteiger partial charge in [0.15, 0.2) is 0 Å². The minimum atomic E-state index is -0.963. The minimum Gasteiger partial charge on any atom is -1.00 e. The van der Waals surface area contributed by atoms with Crippen LogP contribution in [0.5, 0.6) is 0 Å². The Morgan fingerprint density at radius 2 is 1.54 bits per heavy atom. The number of carbonyl (C=O) groups is 1. The molecule has 3 N–H and O–H groups in total. The summed E-state index contributed by atoms with van der Waals surface area (Å²) in [5.41, 5.74) is 4.84. The van der Waals surface area contributed by atoms with Gasteiger partial charge in [-0.1, -0.05) is 0 Å². The number of nitrogens with two attached hydrogens (primary N) is 1. The molecule has 0 unspecified atom stereocenters. The van der Waals surface area contributed by atoms with E-state index in [4.69, 9.17) is 21.4 Å². The smallest absolute Gasteiger partial charge is 1.00 e. The summed E-state index contributed by atoms with van der Waals surface area (Å²) >= 11 is 0. The van der Waals surface area contributed by atoms with E-state index < -0.39 is 12.0 Å². The quantitative estimate of drug-likeness (QED) is 0.453. The third-order valence-corrected chi connectivity index (χ3v) is 0.390. The maximum absolute atomic E-state index is 9.57. The van der Waals surface area contributed by atoms with Crippen LogP contribution in [0, 0.1) is 22.7 Å². The molecule has 0 saturated carbocycles. The van der Waals surface area contributed by atoms with Crippen molar-refractivity contribution in [1.82, 2.24) is 0 Å². The Bertz CT molecular complexity index is 174. The molecule has 5 nitrogen and oxygen atoms in total. The molecule has 0 aromatic carbocycles. The zero-order chi connectivity index (χ0) is 10.6. The zero-order valence-electron chi connectivity index (χ0n) is 9.40. The van der Waals surface area contributed by atoms with Gasteiger partial charge in [-0.2, -0.15) is 10.5 Å². The van der Waals surface area contributed by atoms with Crippen LogP contribution in [-0.4, -0.2) is 17.1 Å². The van der Waals surface area contributed by atoms with E-state index in [2.05, 4.69) is 0 Å². The van der Waals surface area contributed by atoms with Crippen LogP contribution in [0.3, 0.4) is 0 Å². The summed E-state index contributed by atoms with van der Waals surface area (Å²) in [5.74, 6) is -0.963. The number of hydrogen-bond donors (Lipinski definition) is 2. The Hall–Kier alpha value is -0.590. The molecule has 13 heavy (non-hydrogen) atoms. The van der Waals surface area contributed by atoms with E-state index in [1.165, 1.54) is 20.8 Å². The fraction of sp³-hybridized carbons (Fsp3) is 0.571. The van der Waals surface area contributed by atoms with Crippen molar-refractivity contribution >= 4 is 5.97 Å².